The molecular formula is C70H102N10O18S3. The SMILES string of the molecule is CCCCCC(=O)C[C@H]1CSCc2cc(CSCCCC(=O)CN3CCN(CC(=O)O)CCN(CC(=O)O)CCN(CC(=O)O)CC3)cc(c2)CSC[C@@H](C(=O)O)CC(=O)[C@H](Cc2ccccc2)NC(=O)[C@H](CCC(N)=O)NC(=O)[C@H]([C@@H](C)O)NC(=O)[C@@H]2CCCN2C(=O)[C@@H]2CCCN2C1=O. The summed E-state index contributed by atoms with van der Waals surface area (Å²) in [6, 6.07) is 8.02. The topological polar surface area (TPSA) is 405 Å². The van der Waals surface area contributed by atoms with Crippen LogP contribution < -0.4 is 21.7 Å². The number of nitrogens with two attached hydrogens (primary N) is 1. The minimum atomic E-state index is -1.69. The van der Waals surface area contributed by atoms with Crippen LogP contribution in [0.5, 0.6) is 0 Å². The van der Waals surface area contributed by atoms with Gasteiger partial charge >= 0.3 is 23.9 Å². The van der Waals surface area contributed by atoms with Crippen LogP contribution in [0.15, 0.2) is 48.5 Å². The Bertz CT molecular complexity index is 3140. The van der Waals surface area contributed by atoms with Gasteiger partial charge in [-0.1, -0.05) is 68.3 Å². The van der Waals surface area contributed by atoms with Crippen molar-refractivity contribution in [1.29, 1.82) is 0 Å². The van der Waals surface area contributed by atoms with Gasteiger partial charge in [0.1, 0.15) is 35.7 Å². The van der Waals surface area contributed by atoms with Crippen LogP contribution in [0.2, 0.25) is 0 Å². The van der Waals surface area contributed by atoms with Gasteiger partial charge in [-0.05, 0) is 86.3 Å². The summed E-state index contributed by atoms with van der Waals surface area (Å²) in [4.78, 5) is 185. The number of nitrogens with one attached hydrogen (secondary N) is 3. The van der Waals surface area contributed by atoms with E-state index in [1.807, 2.05) is 30.0 Å². The smallest absolute Gasteiger partial charge is 0.317 e. The molecule has 0 aromatic heterocycles. The number of hydrogen-bond acceptors (Lipinski definition) is 21. The molecule has 6 amide bonds. The van der Waals surface area contributed by atoms with Gasteiger partial charge in [0.15, 0.2) is 5.78 Å². The van der Waals surface area contributed by atoms with E-state index >= 15 is 0 Å². The average molecular weight is 1470 g/mol. The van der Waals surface area contributed by atoms with Crippen LogP contribution in [0.25, 0.3) is 0 Å². The molecule has 558 valence electrons. The van der Waals surface area contributed by atoms with E-state index in [2.05, 4.69) is 16.0 Å². The summed E-state index contributed by atoms with van der Waals surface area (Å²) < 4.78 is 0. The first-order valence-corrected chi connectivity index (χ1v) is 38.4. The third-order valence-corrected chi connectivity index (χ3v) is 21.9. The first kappa shape index (κ1) is 83.0. The number of fused-ring (bicyclic) bond motifs is 4. The number of rotatable bonds is 27. The van der Waals surface area contributed by atoms with Crippen molar-refractivity contribution in [2.75, 3.05) is 109 Å². The number of carboxylic acid groups (broad SMARTS) is 4. The minimum absolute atomic E-state index is 0.0332. The Kier molecular flexibility index (Phi) is 35.5. The first-order chi connectivity index (χ1) is 48.3. The number of primary amides is 1. The largest absolute Gasteiger partial charge is 0.481 e. The predicted molar refractivity (Wildman–Crippen MR) is 381 cm³/mol. The Morgan fingerprint density at radius 1 is 0.594 bits per heavy atom. The fourth-order valence-corrected chi connectivity index (χ4v) is 16.1. The number of carboxylic acids is 4. The Morgan fingerprint density at radius 3 is 1.67 bits per heavy atom. The third kappa shape index (κ3) is 29.0. The lowest BCUT2D eigenvalue weighted by Crippen LogP contribution is -2.61. The molecule has 8 atom stereocenters. The van der Waals surface area contributed by atoms with Gasteiger partial charge in [0.05, 0.1) is 50.2 Å². The van der Waals surface area contributed by atoms with E-state index < -0.39 is 120 Å². The van der Waals surface area contributed by atoms with Crippen LogP contribution in [0.4, 0.5) is 0 Å². The fraction of sp³-hybridized carbons (Fsp3) is 0.643. The minimum Gasteiger partial charge on any atom is -0.481 e. The second kappa shape index (κ2) is 43.2. The second-order valence-electron chi connectivity index (χ2n) is 26.7. The molecule has 101 heavy (non-hydrogen) atoms. The Morgan fingerprint density at radius 2 is 1.13 bits per heavy atom. The van der Waals surface area contributed by atoms with Crippen molar-refractivity contribution in [1.82, 2.24) is 45.3 Å². The van der Waals surface area contributed by atoms with E-state index in [1.54, 1.807) is 56.8 Å². The maximum Gasteiger partial charge on any atom is 0.317 e. The van der Waals surface area contributed by atoms with Crippen LogP contribution in [0.1, 0.15) is 126 Å². The summed E-state index contributed by atoms with van der Waals surface area (Å²) >= 11 is 4.34. The van der Waals surface area contributed by atoms with Crippen LogP contribution >= 0.6 is 35.3 Å². The molecule has 0 aliphatic carbocycles. The van der Waals surface area contributed by atoms with Gasteiger partial charge in [-0.25, -0.2) is 0 Å². The number of benzene rings is 2. The molecule has 0 saturated carbocycles. The molecule has 3 fully saturated rings. The lowest BCUT2D eigenvalue weighted by molar-refractivity contribution is -0.148. The number of nitrogens with zero attached hydrogens (tertiary/aromatic N) is 6. The molecule has 4 aliphatic heterocycles. The average Bonchev–Trinajstić information content (AvgIpc) is 1.72. The molecular weight excluding hydrogens is 1370 g/mol. The van der Waals surface area contributed by atoms with Crippen LogP contribution in [-0.4, -0.2) is 277 Å². The number of aliphatic hydroxyl groups is 1. The van der Waals surface area contributed by atoms with E-state index in [-0.39, 0.29) is 146 Å². The van der Waals surface area contributed by atoms with Crippen molar-refractivity contribution in [3.8, 4) is 0 Å². The van der Waals surface area contributed by atoms with Gasteiger partial charge in [0.25, 0.3) is 0 Å². The highest BCUT2D eigenvalue weighted by Crippen LogP contribution is 2.31. The Labute approximate surface area is 603 Å². The van der Waals surface area contributed by atoms with Crippen molar-refractivity contribution in [2.45, 2.75) is 164 Å². The molecule has 28 nitrogen and oxygen atoms in total. The quantitative estimate of drug-likeness (QED) is 0.0580. The number of thioether (sulfide) groups is 3. The van der Waals surface area contributed by atoms with Crippen molar-refractivity contribution in [3.63, 3.8) is 0 Å². The fourth-order valence-electron chi connectivity index (χ4n) is 13.0. The van der Waals surface area contributed by atoms with E-state index in [9.17, 15) is 87.9 Å². The van der Waals surface area contributed by atoms with Gasteiger partial charge in [-0.15, -0.1) is 0 Å². The van der Waals surface area contributed by atoms with Gasteiger partial charge in [-0.2, -0.15) is 35.3 Å². The molecule has 3 saturated heterocycles. The normalized spacial score (nSPS) is 23.5. The molecule has 0 unspecified atom stereocenters. The van der Waals surface area contributed by atoms with Gasteiger partial charge < -0.3 is 57.0 Å². The van der Waals surface area contributed by atoms with Gasteiger partial charge in [-0.3, -0.25) is 81.9 Å². The van der Waals surface area contributed by atoms with E-state index in [0.29, 0.717) is 73.8 Å². The number of carbonyl (C=O) groups excluding carboxylic acids is 9. The number of carbonyl (C=O) groups is 13. The molecule has 31 heteroatoms. The first-order valence-electron chi connectivity index (χ1n) is 35.0. The highest BCUT2D eigenvalue weighted by Gasteiger charge is 2.45. The maximum absolute atomic E-state index is 15.0. The highest BCUT2D eigenvalue weighted by molar-refractivity contribution is 7.99. The van der Waals surface area contributed by atoms with Gasteiger partial charge in [0.2, 0.25) is 35.4 Å². The number of hydrogen-bond donors (Lipinski definition) is 9. The molecule has 4 aliphatic rings. The number of unbranched alkanes of at least 4 members (excludes halogenated alkanes) is 2. The molecule has 2 aromatic carbocycles. The summed E-state index contributed by atoms with van der Waals surface area (Å²) in [6.45, 7) is 4.94. The third-order valence-electron chi connectivity index (χ3n) is 18.4. The monoisotopic (exact) mass is 1470 g/mol. The number of ketones is 3. The van der Waals surface area contributed by atoms with E-state index in [1.165, 1.54) is 40.2 Å². The molecule has 2 bridgehead atoms. The van der Waals surface area contributed by atoms with Gasteiger partial charge in [0, 0.05) is 126 Å². The van der Waals surface area contributed by atoms with Crippen molar-refractivity contribution < 1.29 is 87.9 Å². The summed E-state index contributed by atoms with van der Waals surface area (Å²) in [5, 5.41) is 58.4. The van der Waals surface area contributed by atoms with Crippen LogP contribution in [0.3, 0.4) is 0 Å². The highest BCUT2D eigenvalue weighted by atomic mass is 32.2. The second-order valence-corrected chi connectivity index (χ2v) is 29.9. The summed E-state index contributed by atoms with van der Waals surface area (Å²) in [5.74, 6) is -9.69. The number of amides is 6. The predicted octanol–water partition coefficient (Wildman–Crippen LogP) is 2.37. The van der Waals surface area contributed by atoms with E-state index in [4.69, 9.17) is 5.73 Å². The molecule has 6 rings (SSSR count). The van der Waals surface area contributed by atoms with Crippen molar-refractivity contribution in [3.05, 3.63) is 70.8 Å². The van der Waals surface area contributed by atoms with Crippen LogP contribution in [-0.2, 0) is 86.0 Å². The zero-order valence-electron chi connectivity index (χ0n) is 58.0. The molecule has 0 radical (unpaired) electrons. The molecule has 10 N–H and O–H groups in total. The number of aliphatic carboxylic acids is 4. The van der Waals surface area contributed by atoms with E-state index in [0.717, 1.165) is 29.5 Å². The summed E-state index contributed by atoms with van der Waals surface area (Å²) in [7, 11) is 0. The lowest BCUT2D eigenvalue weighted by atomic mass is 9.95. The standard InChI is InChI=1S/C70H102N10O18S3/c1-3-4-6-14-53(82)35-51-44-100-42-49-31-48(41-99-30-11-15-54(83)37-75-22-24-76(38-61(86)87)26-28-78(40-63(90)91)29-27-77(25-23-75)39-62(88)89)32-50(33-49)43-101-45-52(70(97)98)36-59(84)56(34-47-12-7-5-8-13-47)73-65(92)55(18-19-60(71)85)72-67(94)64(46(2)81)74-66(93)57-16-9-20-79(57)69(96)58-17-10-21-80(58)68(51)95/h5,7-8,12-13,31-33,46,51-52,55-58,64,81H,3-4,6,9-11,14-30,34-45H2,1-2H3,(H2,71,85)(H,72,94)(H,73,92)(H,74,93)(H,86,87)(H,88,89)(H,90,91)(H,97,98)/t46-,51+,52+,55+,56+,57+,58+,64+/m1/s1. The van der Waals surface area contributed by atoms with Crippen molar-refractivity contribution >= 4 is 112 Å². The Balaban J connectivity index is 1.26. The summed E-state index contributed by atoms with van der Waals surface area (Å²) in [5.41, 5.74) is 8.75. The maximum atomic E-state index is 15.0. The van der Waals surface area contributed by atoms with Crippen molar-refractivity contribution in [2.24, 2.45) is 17.6 Å². The van der Waals surface area contributed by atoms with Crippen LogP contribution in [0, 0.1) is 11.8 Å². The Hall–Kier alpha value is -7.00. The molecule has 2 aromatic rings. The molecule has 0 spiro atoms. The zero-order chi connectivity index (χ0) is 73.5. The summed E-state index contributed by atoms with van der Waals surface area (Å²) in [6.07, 6.45) is 1.75. The zero-order valence-corrected chi connectivity index (χ0v) is 60.5. The lowest BCUT2D eigenvalue weighted by Gasteiger charge is -2.33. The number of Topliss-reactive ketones (excluding diaryl/α,β-unsaturated/α-hetero) is 3. The molecule has 4 heterocycles. The number of aliphatic hydroxyl groups excluding tert-OH is 1.